The maximum absolute atomic E-state index is 9.83. The van der Waals surface area contributed by atoms with E-state index in [1.165, 1.54) is 0 Å². The molecular formula is C10H18O2. The van der Waals surface area contributed by atoms with Crippen molar-refractivity contribution in [1.29, 1.82) is 0 Å². The average Bonchev–Trinajstić information content (AvgIpc) is 2.26. The van der Waals surface area contributed by atoms with E-state index in [4.69, 9.17) is 0 Å². The van der Waals surface area contributed by atoms with E-state index in [-0.39, 0.29) is 10.8 Å². The second-order valence-electron chi connectivity index (χ2n) is 5.22. The van der Waals surface area contributed by atoms with E-state index in [9.17, 15) is 10.2 Å². The molecule has 2 aliphatic rings. The molecule has 0 spiro atoms. The van der Waals surface area contributed by atoms with Crippen LogP contribution in [0, 0.1) is 16.7 Å². The van der Waals surface area contributed by atoms with Crippen LogP contribution < -0.4 is 0 Å². The monoisotopic (exact) mass is 170 g/mol. The molecule has 0 radical (unpaired) electrons. The van der Waals surface area contributed by atoms with Crippen LogP contribution in [0.4, 0.5) is 0 Å². The summed E-state index contributed by atoms with van der Waals surface area (Å²) in [4.78, 5) is 0. The van der Waals surface area contributed by atoms with Crippen LogP contribution in [0.15, 0.2) is 0 Å². The maximum atomic E-state index is 9.83. The van der Waals surface area contributed by atoms with Gasteiger partial charge in [-0.2, -0.15) is 0 Å². The molecule has 2 heteroatoms. The molecule has 0 aromatic carbocycles. The summed E-state index contributed by atoms with van der Waals surface area (Å²) in [6, 6.07) is 0. The van der Waals surface area contributed by atoms with Gasteiger partial charge in [0.2, 0.25) is 0 Å². The van der Waals surface area contributed by atoms with Crippen molar-refractivity contribution in [2.24, 2.45) is 16.7 Å². The zero-order valence-electron chi connectivity index (χ0n) is 8.04. The van der Waals surface area contributed by atoms with E-state index < -0.39 is 12.2 Å². The van der Waals surface area contributed by atoms with Crippen LogP contribution >= 0.6 is 0 Å². The van der Waals surface area contributed by atoms with E-state index in [2.05, 4.69) is 20.8 Å². The third-order valence-electron chi connectivity index (χ3n) is 4.76. The van der Waals surface area contributed by atoms with Crippen LogP contribution in [0.25, 0.3) is 0 Å². The van der Waals surface area contributed by atoms with Crippen molar-refractivity contribution < 1.29 is 10.2 Å². The Morgan fingerprint density at radius 3 is 2.00 bits per heavy atom. The van der Waals surface area contributed by atoms with Gasteiger partial charge in [-0.25, -0.2) is 0 Å². The van der Waals surface area contributed by atoms with Crippen LogP contribution in [0.5, 0.6) is 0 Å². The minimum Gasteiger partial charge on any atom is -0.390 e. The molecule has 12 heavy (non-hydrogen) atoms. The molecule has 2 rings (SSSR count). The van der Waals surface area contributed by atoms with Crippen LogP contribution in [0.1, 0.15) is 33.6 Å². The Kier molecular flexibility index (Phi) is 1.45. The molecule has 70 valence electrons. The van der Waals surface area contributed by atoms with Crippen LogP contribution in [-0.4, -0.2) is 22.4 Å². The molecule has 2 saturated carbocycles. The van der Waals surface area contributed by atoms with Crippen LogP contribution in [0.2, 0.25) is 0 Å². The van der Waals surface area contributed by atoms with Gasteiger partial charge in [-0.3, -0.25) is 0 Å². The number of rotatable bonds is 0. The molecular weight excluding hydrogens is 152 g/mol. The average molecular weight is 170 g/mol. The smallest absolute Gasteiger partial charge is 0.0860 e. The topological polar surface area (TPSA) is 40.5 Å². The first-order valence-corrected chi connectivity index (χ1v) is 4.77. The molecule has 0 heterocycles. The summed E-state index contributed by atoms with van der Waals surface area (Å²) in [7, 11) is 0. The number of aliphatic hydroxyl groups excluding tert-OH is 2. The van der Waals surface area contributed by atoms with Crippen molar-refractivity contribution in [1.82, 2.24) is 0 Å². The van der Waals surface area contributed by atoms with Gasteiger partial charge in [-0.15, -0.1) is 0 Å². The van der Waals surface area contributed by atoms with E-state index >= 15 is 0 Å². The molecule has 2 nitrogen and oxygen atoms in total. The Labute approximate surface area is 73.6 Å². The van der Waals surface area contributed by atoms with E-state index in [0.29, 0.717) is 5.92 Å². The Balaban J connectivity index is 2.44. The van der Waals surface area contributed by atoms with Gasteiger partial charge in [-0.1, -0.05) is 20.8 Å². The number of aliphatic hydroxyl groups is 2. The molecule has 4 unspecified atom stereocenters. The Bertz CT molecular complexity index is 212. The zero-order chi connectivity index (χ0) is 9.15. The summed E-state index contributed by atoms with van der Waals surface area (Å²) >= 11 is 0. The third-order valence-corrected chi connectivity index (χ3v) is 4.76. The SMILES string of the molecule is CC1(C)C2CCC1(C)C(O)C2O. The second-order valence-corrected chi connectivity index (χ2v) is 5.22. The van der Waals surface area contributed by atoms with Crippen molar-refractivity contribution in [3.05, 3.63) is 0 Å². The standard InChI is InChI=1S/C10H18O2/c1-9(2)6-4-5-10(9,3)8(12)7(6)11/h6-8,11-12H,4-5H2,1-3H3. The van der Waals surface area contributed by atoms with Crippen molar-refractivity contribution in [2.75, 3.05) is 0 Å². The minimum absolute atomic E-state index is 0.0584. The zero-order valence-corrected chi connectivity index (χ0v) is 8.04. The lowest BCUT2D eigenvalue weighted by Crippen LogP contribution is -2.39. The molecule has 0 aromatic heterocycles. The minimum atomic E-state index is -0.508. The fourth-order valence-corrected chi connectivity index (χ4v) is 3.29. The van der Waals surface area contributed by atoms with E-state index in [1.54, 1.807) is 0 Å². The van der Waals surface area contributed by atoms with E-state index in [0.717, 1.165) is 12.8 Å². The summed E-state index contributed by atoms with van der Waals surface area (Å²) < 4.78 is 0. The highest BCUT2D eigenvalue weighted by molar-refractivity contribution is 5.14. The van der Waals surface area contributed by atoms with Gasteiger partial charge in [0.25, 0.3) is 0 Å². The third kappa shape index (κ3) is 0.647. The van der Waals surface area contributed by atoms with Crippen molar-refractivity contribution in [2.45, 2.75) is 45.8 Å². The van der Waals surface area contributed by atoms with Gasteiger partial charge in [-0.05, 0) is 24.2 Å². The van der Waals surface area contributed by atoms with Gasteiger partial charge in [0.05, 0.1) is 12.2 Å². The lowest BCUT2D eigenvalue weighted by Gasteiger charge is -2.36. The molecule has 2 N–H and O–H groups in total. The molecule has 0 aromatic rings. The predicted octanol–water partition coefficient (Wildman–Crippen LogP) is 1.16. The number of hydrogen-bond acceptors (Lipinski definition) is 2. The highest BCUT2D eigenvalue weighted by Gasteiger charge is 2.65. The fourth-order valence-electron chi connectivity index (χ4n) is 3.29. The highest BCUT2D eigenvalue weighted by atomic mass is 16.3. The van der Waals surface area contributed by atoms with Gasteiger partial charge in [0.1, 0.15) is 0 Å². The summed E-state index contributed by atoms with van der Waals surface area (Å²) in [5.74, 6) is 0.303. The Hall–Kier alpha value is -0.0800. The Morgan fingerprint density at radius 1 is 1.17 bits per heavy atom. The first kappa shape index (κ1) is 8.52. The van der Waals surface area contributed by atoms with Crippen molar-refractivity contribution in [3.63, 3.8) is 0 Å². The largest absolute Gasteiger partial charge is 0.390 e. The Morgan fingerprint density at radius 2 is 1.75 bits per heavy atom. The maximum Gasteiger partial charge on any atom is 0.0860 e. The number of fused-ring (bicyclic) bond motifs is 2. The van der Waals surface area contributed by atoms with E-state index in [1.807, 2.05) is 0 Å². The van der Waals surface area contributed by atoms with Gasteiger partial charge >= 0.3 is 0 Å². The highest BCUT2D eigenvalue weighted by Crippen LogP contribution is 2.65. The van der Waals surface area contributed by atoms with Gasteiger partial charge in [0, 0.05) is 5.41 Å². The first-order valence-electron chi connectivity index (χ1n) is 4.77. The molecule has 0 aliphatic heterocycles. The van der Waals surface area contributed by atoms with Crippen LogP contribution in [-0.2, 0) is 0 Å². The summed E-state index contributed by atoms with van der Waals surface area (Å²) in [6.45, 7) is 6.45. The van der Waals surface area contributed by atoms with Crippen molar-refractivity contribution >= 4 is 0 Å². The normalized spacial score (nSPS) is 56.2. The molecule has 0 amide bonds. The fraction of sp³-hybridized carbons (Fsp3) is 1.00. The van der Waals surface area contributed by atoms with Crippen molar-refractivity contribution in [3.8, 4) is 0 Å². The molecule has 4 atom stereocenters. The lowest BCUT2D eigenvalue weighted by atomic mass is 9.70. The molecule has 0 saturated heterocycles. The first-order chi connectivity index (χ1) is 5.41. The predicted molar refractivity (Wildman–Crippen MR) is 46.6 cm³/mol. The number of hydrogen-bond donors (Lipinski definition) is 2. The van der Waals surface area contributed by atoms with Crippen LogP contribution in [0.3, 0.4) is 0 Å². The summed E-state index contributed by atoms with van der Waals surface area (Å²) in [6.07, 6.45) is 1.13. The quantitative estimate of drug-likeness (QED) is 0.573. The molecule has 2 aliphatic carbocycles. The van der Waals surface area contributed by atoms with Gasteiger partial charge < -0.3 is 10.2 Å². The summed E-state index contributed by atoms with van der Waals surface area (Å²) in [5, 5.41) is 19.6. The van der Waals surface area contributed by atoms with Gasteiger partial charge in [0.15, 0.2) is 0 Å². The lowest BCUT2D eigenvalue weighted by molar-refractivity contribution is -0.0508. The molecule has 2 bridgehead atoms. The second kappa shape index (κ2) is 2.05. The molecule has 2 fully saturated rings. The summed E-state index contributed by atoms with van der Waals surface area (Å²) in [5.41, 5.74) is 0.0446.